The molecule has 2 aromatic carbocycles. The molecule has 8 nitrogen and oxygen atoms in total. The molecular formula is C25H31N3O5S2. The van der Waals surface area contributed by atoms with E-state index in [2.05, 4.69) is 11.4 Å². The summed E-state index contributed by atoms with van der Waals surface area (Å²) in [6, 6.07) is 14.7. The standard InChI is InChI=1S/C25H31N3O5S2/c29-25(26-17-16-21-10-4-1-5-11-21)24-20-27(34(30,31)22-12-6-2-7-13-22)18-19-28(24)35(32,33)23-14-8-3-9-15-23/h2-3,6-10,12-15,24H,1,4-5,11,16-20H2,(H,26,29)/t24-/m1/s1. The van der Waals surface area contributed by atoms with Gasteiger partial charge in [0.1, 0.15) is 6.04 Å². The zero-order valence-corrected chi connectivity index (χ0v) is 21.2. The maximum Gasteiger partial charge on any atom is 0.243 e. The van der Waals surface area contributed by atoms with Crippen molar-refractivity contribution in [2.75, 3.05) is 26.2 Å². The summed E-state index contributed by atoms with van der Waals surface area (Å²) in [4.78, 5) is 13.5. The van der Waals surface area contributed by atoms with E-state index in [0.29, 0.717) is 13.0 Å². The Bertz CT molecular complexity index is 1260. The Morgan fingerprint density at radius 1 is 0.857 bits per heavy atom. The van der Waals surface area contributed by atoms with Crippen LogP contribution >= 0.6 is 0 Å². The monoisotopic (exact) mass is 517 g/mol. The topological polar surface area (TPSA) is 104 Å². The van der Waals surface area contributed by atoms with Crippen LogP contribution in [0.3, 0.4) is 0 Å². The van der Waals surface area contributed by atoms with Crippen molar-refractivity contribution in [2.45, 2.75) is 47.9 Å². The molecule has 1 heterocycles. The summed E-state index contributed by atoms with van der Waals surface area (Å²) >= 11 is 0. The number of hydrogen-bond donors (Lipinski definition) is 1. The molecule has 1 N–H and O–H groups in total. The largest absolute Gasteiger partial charge is 0.354 e. The van der Waals surface area contributed by atoms with Crippen LogP contribution in [0.5, 0.6) is 0 Å². The lowest BCUT2D eigenvalue weighted by molar-refractivity contribution is -0.125. The first-order valence-electron chi connectivity index (χ1n) is 11.9. The fraction of sp³-hybridized carbons (Fsp3) is 0.400. The van der Waals surface area contributed by atoms with E-state index in [1.54, 1.807) is 36.4 Å². The second-order valence-corrected chi connectivity index (χ2v) is 12.6. The van der Waals surface area contributed by atoms with E-state index >= 15 is 0 Å². The molecule has 1 fully saturated rings. The van der Waals surface area contributed by atoms with Gasteiger partial charge in [-0.2, -0.15) is 8.61 Å². The van der Waals surface area contributed by atoms with Gasteiger partial charge >= 0.3 is 0 Å². The Morgan fingerprint density at radius 3 is 2.09 bits per heavy atom. The molecule has 0 spiro atoms. The van der Waals surface area contributed by atoms with Crippen molar-refractivity contribution in [3.63, 3.8) is 0 Å². The summed E-state index contributed by atoms with van der Waals surface area (Å²) in [7, 11) is -7.87. The van der Waals surface area contributed by atoms with Crippen molar-refractivity contribution in [1.82, 2.24) is 13.9 Å². The third kappa shape index (κ3) is 5.83. The minimum Gasteiger partial charge on any atom is -0.354 e. The highest BCUT2D eigenvalue weighted by molar-refractivity contribution is 7.89. The number of piperazine rings is 1. The Kier molecular flexibility index (Phi) is 8.05. The van der Waals surface area contributed by atoms with Crippen molar-refractivity contribution in [3.8, 4) is 0 Å². The average Bonchev–Trinajstić information content (AvgIpc) is 2.90. The van der Waals surface area contributed by atoms with Crippen molar-refractivity contribution < 1.29 is 21.6 Å². The number of rotatable bonds is 8. The Hall–Kier alpha value is -2.53. The van der Waals surface area contributed by atoms with E-state index in [4.69, 9.17) is 0 Å². The zero-order chi connectivity index (χ0) is 24.9. The molecule has 0 radical (unpaired) electrons. The highest BCUT2D eigenvalue weighted by Gasteiger charge is 2.43. The van der Waals surface area contributed by atoms with Gasteiger partial charge in [-0.3, -0.25) is 4.79 Å². The lowest BCUT2D eigenvalue weighted by Crippen LogP contribution is -2.61. The minimum atomic E-state index is -4.00. The van der Waals surface area contributed by atoms with Crippen LogP contribution in [0.25, 0.3) is 0 Å². The van der Waals surface area contributed by atoms with Gasteiger partial charge in [-0.1, -0.05) is 48.0 Å². The average molecular weight is 518 g/mol. The van der Waals surface area contributed by atoms with Gasteiger partial charge in [0.15, 0.2) is 0 Å². The molecule has 188 valence electrons. The fourth-order valence-electron chi connectivity index (χ4n) is 4.53. The molecule has 1 atom stereocenters. The Labute approximate surface area is 207 Å². The zero-order valence-electron chi connectivity index (χ0n) is 19.5. The first kappa shape index (κ1) is 25.6. The lowest BCUT2D eigenvalue weighted by Gasteiger charge is -2.39. The van der Waals surface area contributed by atoms with Gasteiger partial charge in [-0.25, -0.2) is 16.8 Å². The summed E-state index contributed by atoms with van der Waals surface area (Å²) in [5.74, 6) is -0.492. The van der Waals surface area contributed by atoms with Crippen LogP contribution in [-0.2, 0) is 24.8 Å². The van der Waals surface area contributed by atoms with Gasteiger partial charge in [0.25, 0.3) is 0 Å². The van der Waals surface area contributed by atoms with E-state index in [1.807, 2.05) is 0 Å². The van der Waals surface area contributed by atoms with E-state index in [0.717, 1.165) is 23.6 Å². The molecule has 1 aliphatic heterocycles. The van der Waals surface area contributed by atoms with Gasteiger partial charge in [-0.05, 0) is 56.4 Å². The minimum absolute atomic E-state index is 0.0417. The Balaban J connectivity index is 1.56. The maximum atomic E-state index is 13.4. The molecule has 0 saturated carbocycles. The summed E-state index contributed by atoms with van der Waals surface area (Å²) in [6.07, 6.45) is 7.28. The number of benzene rings is 2. The second kappa shape index (κ2) is 11.0. The van der Waals surface area contributed by atoms with Crippen LogP contribution in [0.15, 0.2) is 82.1 Å². The number of nitrogens with zero attached hydrogens (tertiary/aromatic N) is 2. The number of allylic oxidation sites excluding steroid dienone is 1. The smallest absolute Gasteiger partial charge is 0.243 e. The SMILES string of the molecule is O=C(NCCC1=CCCCC1)[C@H]1CN(S(=O)(=O)c2ccccc2)CCN1S(=O)(=O)c1ccccc1. The van der Waals surface area contributed by atoms with E-state index < -0.39 is 32.0 Å². The van der Waals surface area contributed by atoms with Crippen LogP contribution in [0, 0.1) is 0 Å². The Morgan fingerprint density at radius 2 is 1.49 bits per heavy atom. The second-order valence-electron chi connectivity index (χ2n) is 8.77. The molecule has 1 saturated heterocycles. The van der Waals surface area contributed by atoms with Gasteiger partial charge in [0.2, 0.25) is 26.0 Å². The van der Waals surface area contributed by atoms with Crippen molar-refractivity contribution in [1.29, 1.82) is 0 Å². The summed E-state index contributed by atoms with van der Waals surface area (Å²) in [6.45, 7) is -0.0316. The molecule has 4 rings (SSSR count). The molecule has 2 aliphatic rings. The number of carbonyl (C=O) groups is 1. The van der Waals surface area contributed by atoms with Gasteiger partial charge in [-0.15, -0.1) is 0 Å². The highest BCUT2D eigenvalue weighted by atomic mass is 32.2. The van der Waals surface area contributed by atoms with Gasteiger partial charge < -0.3 is 5.32 Å². The molecule has 0 unspecified atom stereocenters. The first-order valence-corrected chi connectivity index (χ1v) is 14.8. The van der Waals surface area contributed by atoms with E-state index in [1.165, 1.54) is 40.6 Å². The highest BCUT2D eigenvalue weighted by Crippen LogP contribution is 2.26. The van der Waals surface area contributed by atoms with E-state index in [9.17, 15) is 21.6 Å². The quantitative estimate of drug-likeness (QED) is 0.543. The maximum absolute atomic E-state index is 13.4. The lowest BCUT2D eigenvalue weighted by atomic mass is 9.97. The predicted octanol–water partition coefficient (Wildman–Crippen LogP) is 2.76. The normalized spacial score (nSPS) is 20.2. The predicted molar refractivity (Wildman–Crippen MR) is 134 cm³/mol. The van der Waals surface area contributed by atoms with Crippen LogP contribution in [0.4, 0.5) is 0 Å². The third-order valence-electron chi connectivity index (χ3n) is 6.46. The van der Waals surface area contributed by atoms with Crippen LogP contribution < -0.4 is 5.32 Å². The molecular weight excluding hydrogens is 486 g/mol. The fourth-order valence-corrected chi connectivity index (χ4v) is 7.58. The molecule has 0 bridgehead atoms. The number of hydrogen-bond acceptors (Lipinski definition) is 5. The summed E-state index contributed by atoms with van der Waals surface area (Å²) in [5.41, 5.74) is 1.29. The van der Waals surface area contributed by atoms with Crippen molar-refractivity contribution in [2.24, 2.45) is 0 Å². The molecule has 1 amide bonds. The van der Waals surface area contributed by atoms with Crippen LogP contribution in [0.2, 0.25) is 0 Å². The summed E-state index contributed by atoms with van der Waals surface area (Å²) in [5, 5.41) is 2.86. The first-order chi connectivity index (χ1) is 16.8. The molecule has 2 aromatic rings. The number of carbonyl (C=O) groups excluding carboxylic acids is 1. The van der Waals surface area contributed by atoms with Gasteiger partial charge in [0.05, 0.1) is 9.79 Å². The number of nitrogens with one attached hydrogen (secondary N) is 1. The molecule has 0 aromatic heterocycles. The van der Waals surface area contributed by atoms with Crippen molar-refractivity contribution in [3.05, 3.63) is 72.3 Å². The van der Waals surface area contributed by atoms with E-state index in [-0.39, 0.29) is 29.4 Å². The van der Waals surface area contributed by atoms with Crippen LogP contribution in [-0.4, -0.2) is 63.6 Å². The van der Waals surface area contributed by atoms with Gasteiger partial charge in [0, 0.05) is 26.2 Å². The number of amides is 1. The molecule has 10 heteroatoms. The summed E-state index contributed by atoms with van der Waals surface area (Å²) < 4.78 is 55.6. The van der Waals surface area contributed by atoms with Crippen molar-refractivity contribution >= 4 is 26.0 Å². The number of sulfonamides is 2. The third-order valence-corrected chi connectivity index (χ3v) is 10.3. The molecule has 1 aliphatic carbocycles. The molecule has 35 heavy (non-hydrogen) atoms. The van der Waals surface area contributed by atoms with Crippen LogP contribution in [0.1, 0.15) is 32.1 Å².